The molecule has 1 aromatic rings. The van der Waals surface area contributed by atoms with Gasteiger partial charge in [-0.3, -0.25) is 4.79 Å². The zero-order valence-corrected chi connectivity index (χ0v) is 14.3. The van der Waals surface area contributed by atoms with E-state index in [1.54, 1.807) is 24.3 Å². The molecular weight excluding hydrogens is 319 g/mol. The van der Waals surface area contributed by atoms with Crippen LogP contribution in [0.15, 0.2) is 24.3 Å². The van der Waals surface area contributed by atoms with Gasteiger partial charge < -0.3 is 15.5 Å². The van der Waals surface area contributed by atoms with E-state index in [4.69, 9.17) is 5.73 Å². The first kappa shape index (κ1) is 20.3. The summed E-state index contributed by atoms with van der Waals surface area (Å²) in [6.07, 6.45) is -5.18. The maximum absolute atomic E-state index is 12.5. The number of nitrogens with zero attached hydrogens (tertiary/aromatic N) is 2. The van der Waals surface area contributed by atoms with Crippen molar-refractivity contribution in [2.75, 3.05) is 38.5 Å². The highest BCUT2D eigenvalue weighted by molar-refractivity contribution is 5.78. The molecule has 0 heterocycles. The highest BCUT2D eigenvalue weighted by Gasteiger charge is 2.29. The zero-order chi connectivity index (χ0) is 18.2. The number of hydrogen-bond donors (Lipinski definition) is 1. The maximum Gasteiger partial charge on any atom is 0.390 e. The first-order chi connectivity index (χ1) is 11.2. The molecule has 1 rings (SSSR count). The van der Waals surface area contributed by atoms with Crippen molar-refractivity contribution in [3.8, 4) is 0 Å². The molecule has 0 spiro atoms. The molecule has 0 bridgehead atoms. The van der Waals surface area contributed by atoms with Crippen LogP contribution in [0.3, 0.4) is 0 Å². The monoisotopic (exact) mass is 345 g/mol. The summed E-state index contributed by atoms with van der Waals surface area (Å²) >= 11 is 0. The summed E-state index contributed by atoms with van der Waals surface area (Å²) in [7, 11) is 0. The van der Waals surface area contributed by atoms with Crippen molar-refractivity contribution in [1.29, 1.82) is 0 Å². The zero-order valence-electron chi connectivity index (χ0n) is 14.3. The van der Waals surface area contributed by atoms with Gasteiger partial charge in [-0.1, -0.05) is 26.0 Å². The number of nitrogen functional groups attached to an aromatic ring is 1. The van der Waals surface area contributed by atoms with Gasteiger partial charge in [-0.15, -0.1) is 0 Å². The molecule has 2 N–H and O–H groups in total. The van der Waals surface area contributed by atoms with Gasteiger partial charge in [0.1, 0.15) is 0 Å². The Hall–Kier alpha value is -1.76. The minimum atomic E-state index is -4.27. The number of amides is 1. The quantitative estimate of drug-likeness (QED) is 0.700. The van der Waals surface area contributed by atoms with Crippen LogP contribution in [0.2, 0.25) is 0 Å². The number of anilines is 1. The summed E-state index contributed by atoms with van der Waals surface area (Å²) in [5.74, 6) is -0.295. The molecule has 0 saturated heterocycles. The Labute approximate surface area is 141 Å². The molecule has 0 fully saturated rings. The van der Waals surface area contributed by atoms with E-state index in [9.17, 15) is 18.0 Å². The van der Waals surface area contributed by atoms with E-state index in [-0.39, 0.29) is 18.9 Å². The second-order valence-electron chi connectivity index (χ2n) is 5.69. The van der Waals surface area contributed by atoms with Crippen LogP contribution in [0.5, 0.6) is 0 Å². The predicted octanol–water partition coefficient (Wildman–Crippen LogP) is 2.93. The van der Waals surface area contributed by atoms with Gasteiger partial charge in [0.05, 0.1) is 12.8 Å². The molecule has 0 aliphatic heterocycles. The summed E-state index contributed by atoms with van der Waals surface area (Å²) in [6.45, 7) is 6.13. The molecule has 136 valence electrons. The van der Waals surface area contributed by atoms with E-state index in [0.717, 1.165) is 18.7 Å². The van der Waals surface area contributed by atoms with Gasteiger partial charge in [0.15, 0.2) is 0 Å². The molecule has 7 heteroatoms. The molecule has 0 aliphatic carbocycles. The van der Waals surface area contributed by atoms with Crippen molar-refractivity contribution in [3.63, 3.8) is 0 Å². The number of benzene rings is 1. The topological polar surface area (TPSA) is 49.6 Å². The lowest BCUT2D eigenvalue weighted by molar-refractivity contribution is -0.145. The molecule has 24 heavy (non-hydrogen) atoms. The number of hydrogen-bond acceptors (Lipinski definition) is 3. The third-order valence-electron chi connectivity index (χ3n) is 3.93. The van der Waals surface area contributed by atoms with Crippen LogP contribution < -0.4 is 5.73 Å². The molecule has 0 aliphatic rings. The van der Waals surface area contributed by atoms with Crippen LogP contribution in [0, 0.1) is 0 Å². The number of rotatable bonds is 9. The largest absolute Gasteiger partial charge is 0.399 e. The lowest BCUT2D eigenvalue weighted by atomic mass is 10.1. The van der Waals surface area contributed by atoms with Gasteiger partial charge >= 0.3 is 6.18 Å². The lowest BCUT2D eigenvalue weighted by Crippen LogP contribution is -2.41. The minimum absolute atomic E-state index is 0.0797. The summed E-state index contributed by atoms with van der Waals surface area (Å²) < 4.78 is 37.6. The third kappa shape index (κ3) is 7.68. The molecule has 1 amide bonds. The van der Waals surface area contributed by atoms with Crippen molar-refractivity contribution in [3.05, 3.63) is 29.8 Å². The first-order valence-electron chi connectivity index (χ1n) is 8.16. The van der Waals surface area contributed by atoms with Gasteiger partial charge in [0, 0.05) is 25.3 Å². The predicted molar refractivity (Wildman–Crippen MR) is 89.6 cm³/mol. The average Bonchev–Trinajstić information content (AvgIpc) is 2.52. The Bertz CT molecular complexity index is 499. The molecule has 1 aromatic carbocycles. The van der Waals surface area contributed by atoms with Gasteiger partial charge in [-0.2, -0.15) is 13.2 Å². The number of halogens is 3. The Kier molecular flexibility index (Phi) is 8.04. The number of nitrogens with two attached hydrogens (primary N) is 1. The van der Waals surface area contributed by atoms with E-state index >= 15 is 0 Å². The molecular formula is C17H26F3N3O. The Morgan fingerprint density at radius 3 is 2.12 bits per heavy atom. The van der Waals surface area contributed by atoms with Gasteiger partial charge in [0.2, 0.25) is 5.91 Å². The fourth-order valence-electron chi connectivity index (χ4n) is 2.35. The van der Waals surface area contributed by atoms with Crippen molar-refractivity contribution in [2.24, 2.45) is 0 Å². The van der Waals surface area contributed by atoms with Crippen molar-refractivity contribution in [1.82, 2.24) is 9.80 Å². The number of alkyl halides is 3. The van der Waals surface area contributed by atoms with E-state index in [2.05, 4.69) is 4.90 Å². The van der Waals surface area contributed by atoms with Crippen LogP contribution in [0.1, 0.15) is 25.8 Å². The highest BCUT2D eigenvalue weighted by Crippen LogP contribution is 2.20. The van der Waals surface area contributed by atoms with E-state index < -0.39 is 12.6 Å². The molecule has 0 unspecified atom stereocenters. The van der Waals surface area contributed by atoms with Gasteiger partial charge in [-0.05, 0) is 30.8 Å². The second kappa shape index (κ2) is 9.52. The van der Waals surface area contributed by atoms with E-state index in [1.807, 2.05) is 13.8 Å². The van der Waals surface area contributed by atoms with Gasteiger partial charge in [-0.25, -0.2) is 0 Å². The standard InChI is InChI=1S/C17H26F3N3O/c1-3-22(4-2)11-12-23(10-9-17(18,19)20)16(24)13-14-5-7-15(21)8-6-14/h5-8H,3-4,9-13,21H2,1-2H3. The number of carbonyl (C=O) groups is 1. The smallest absolute Gasteiger partial charge is 0.390 e. The minimum Gasteiger partial charge on any atom is -0.399 e. The first-order valence-corrected chi connectivity index (χ1v) is 8.16. The highest BCUT2D eigenvalue weighted by atomic mass is 19.4. The summed E-state index contributed by atoms with van der Waals surface area (Å²) in [5, 5.41) is 0. The van der Waals surface area contributed by atoms with Crippen molar-refractivity contribution >= 4 is 11.6 Å². The molecule has 0 atom stereocenters. The number of likely N-dealkylation sites (N-methyl/N-ethyl adjacent to an activating group) is 1. The Balaban J connectivity index is 2.70. The average molecular weight is 345 g/mol. The summed E-state index contributed by atoms with van der Waals surface area (Å²) in [5.41, 5.74) is 6.93. The molecule has 0 radical (unpaired) electrons. The molecule has 0 saturated carbocycles. The van der Waals surface area contributed by atoms with Crippen LogP contribution in [0.4, 0.5) is 18.9 Å². The summed E-state index contributed by atoms with van der Waals surface area (Å²) in [6, 6.07) is 6.80. The lowest BCUT2D eigenvalue weighted by Gasteiger charge is -2.27. The van der Waals surface area contributed by atoms with Crippen molar-refractivity contribution in [2.45, 2.75) is 32.9 Å². The fraction of sp³-hybridized carbons (Fsp3) is 0.588. The van der Waals surface area contributed by atoms with Crippen LogP contribution in [0.25, 0.3) is 0 Å². The van der Waals surface area contributed by atoms with E-state index in [0.29, 0.717) is 18.8 Å². The third-order valence-corrected chi connectivity index (χ3v) is 3.93. The summed E-state index contributed by atoms with van der Waals surface area (Å²) in [4.78, 5) is 15.8. The number of carbonyl (C=O) groups excluding carboxylic acids is 1. The Morgan fingerprint density at radius 2 is 1.62 bits per heavy atom. The SMILES string of the molecule is CCN(CC)CCN(CCC(F)(F)F)C(=O)Cc1ccc(N)cc1. The maximum atomic E-state index is 12.5. The second-order valence-corrected chi connectivity index (χ2v) is 5.69. The van der Waals surface area contributed by atoms with Crippen LogP contribution in [-0.4, -0.2) is 54.6 Å². The molecule has 0 aromatic heterocycles. The Morgan fingerprint density at radius 1 is 1.04 bits per heavy atom. The fourth-order valence-corrected chi connectivity index (χ4v) is 2.35. The molecule has 4 nitrogen and oxygen atoms in total. The van der Waals surface area contributed by atoms with Crippen molar-refractivity contribution < 1.29 is 18.0 Å². The van der Waals surface area contributed by atoms with Crippen LogP contribution in [-0.2, 0) is 11.2 Å². The normalized spacial score (nSPS) is 11.8. The van der Waals surface area contributed by atoms with E-state index in [1.165, 1.54) is 4.90 Å². The van der Waals surface area contributed by atoms with Crippen LogP contribution >= 0.6 is 0 Å². The van der Waals surface area contributed by atoms with Gasteiger partial charge in [0.25, 0.3) is 0 Å².